The van der Waals surface area contributed by atoms with Gasteiger partial charge in [0.05, 0.1) is 5.69 Å². The molecule has 0 radical (unpaired) electrons. The molecule has 1 aliphatic carbocycles. The molecule has 1 fully saturated rings. The van der Waals surface area contributed by atoms with Crippen LogP contribution < -0.4 is 10.1 Å². The summed E-state index contributed by atoms with van der Waals surface area (Å²) in [5, 5.41) is 2.86. The van der Waals surface area contributed by atoms with Crippen LogP contribution in [0.3, 0.4) is 0 Å². The summed E-state index contributed by atoms with van der Waals surface area (Å²) in [7, 11) is 0. The van der Waals surface area contributed by atoms with Gasteiger partial charge < -0.3 is 10.1 Å². The molecule has 1 aromatic carbocycles. The Morgan fingerprint density at radius 1 is 1.43 bits per heavy atom. The Bertz CT molecular complexity index is 426. The molecule has 1 aliphatic heterocycles. The standard InChI is InChI=1S/C10H8BrNO2/c11-6-1-2-8-7(5-6)12-9(13)10(14-8)3-4-10/h1-2,5H,3-4H2,(H,12,13). The molecule has 1 saturated carbocycles. The molecule has 1 spiro atoms. The second-order valence-electron chi connectivity index (χ2n) is 3.69. The normalized spacial score (nSPS) is 21.1. The van der Waals surface area contributed by atoms with Gasteiger partial charge in [-0.15, -0.1) is 0 Å². The number of nitrogens with one attached hydrogen (secondary N) is 1. The van der Waals surface area contributed by atoms with Crippen molar-refractivity contribution in [2.75, 3.05) is 5.32 Å². The van der Waals surface area contributed by atoms with Crippen LogP contribution in [-0.4, -0.2) is 11.5 Å². The predicted molar refractivity (Wildman–Crippen MR) is 55.4 cm³/mol. The number of halogens is 1. The van der Waals surface area contributed by atoms with Crippen molar-refractivity contribution in [3.63, 3.8) is 0 Å². The number of hydrogen-bond acceptors (Lipinski definition) is 2. The lowest BCUT2D eigenvalue weighted by Gasteiger charge is -2.25. The van der Waals surface area contributed by atoms with Crippen LogP contribution in [0.25, 0.3) is 0 Å². The summed E-state index contributed by atoms with van der Waals surface area (Å²) < 4.78 is 6.60. The fraction of sp³-hybridized carbons (Fsp3) is 0.300. The van der Waals surface area contributed by atoms with Crippen LogP contribution in [0, 0.1) is 0 Å². The Labute approximate surface area is 89.6 Å². The predicted octanol–water partition coefficient (Wildman–Crippen LogP) is 2.31. The van der Waals surface area contributed by atoms with Gasteiger partial charge >= 0.3 is 0 Å². The first-order chi connectivity index (χ1) is 6.70. The first-order valence-corrected chi connectivity index (χ1v) is 5.29. The Kier molecular flexibility index (Phi) is 1.49. The maximum atomic E-state index is 11.6. The fourth-order valence-corrected chi connectivity index (χ4v) is 1.99. The number of anilines is 1. The number of carbonyl (C=O) groups excluding carboxylic acids is 1. The molecule has 0 bridgehead atoms. The lowest BCUT2D eigenvalue weighted by atomic mass is 10.2. The number of amides is 1. The van der Waals surface area contributed by atoms with Gasteiger partial charge in [-0.2, -0.15) is 0 Å². The maximum absolute atomic E-state index is 11.6. The molecule has 1 heterocycles. The third-order valence-corrected chi connectivity index (χ3v) is 3.11. The molecule has 0 aromatic heterocycles. The van der Waals surface area contributed by atoms with Crippen molar-refractivity contribution in [2.45, 2.75) is 18.4 Å². The van der Waals surface area contributed by atoms with E-state index in [4.69, 9.17) is 4.74 Å². The van der Waals surface area contributed by atoms with Gasteiger partial charge in [0.25, 0.3) is 5.91 Å². The van der Waals surface area contributed by atoms with Gasteiger partial charge in [0.15, 0.2) is 5.60 Å². The Hall–Kier alpha value is -1.03. The van der Waals surface area contributed by atoms with E-state index in [1.165, 1.54) is 0 Å². The van der Waals surface area contributed by atoms with Crippen molar-refractivity contribution >= 4 is 27.5 Å². The summed E-state index contributed by atoms with van der Waals surface area (Å²) in [4.78, 5) is 11.6. The molecular weight excluding hydrogens is 246 g/mol. The summed E-state index contributed by atoms with van der Waals surface area (Å²) in [6.07, 6.45) is 1.66. The van der Waals surface area contributed by atoms with E-state index in [2.05, 4.69) is 21.2 Å². The Morgan fingerprint density at radius 2 is 2.21 bits per heavy atom. The van der Waals surface area contributed by atoms with E-state index < -0.39 is 5.60 Å². The molecule has 0 atom stereocenters. The van der Waals surface area contributed by atoms with Gasteiger partial charge in [0, 0.05) is 17.3 Å². The third kappa shape index (κ3) is 1.07. The number of ether oxygens (including phenoxy) is 1. The van der Waals surface area contributed by atoms with E-state index in [1.807, 2.05) is 18.2 Å². The average Bonchev–Trinajstić information content (AvgIpc) is 2.89. The molecule has 4 heteroatoms. The van der Waals surface area contributed by atoms with E-state index in [0.29, 0.717) is 0 Å². The monoisotopic (exact) mass is 253 g/mol. The van der Waals surface area contributed by atoms with Gasteiger partial charge in [-0.3, -0.25) is 4.79 Å². The van der Waals surface area contributed by atoms with Crippen molar-refractivity contribution in [3.8, 4) is 5.75 Å². The minimum absolute atomic E-state index is 0.0110. The van der Waals surface area contributed by atoms with Crippen LogP contribution in [0.5, 0.6) is 5.75 Å². The van der Waals surface area contributed by atoms with E-state index in [0.717, 1.165) is 28.8 Å². The van der Waals surface area contributed by atoms with E-state index in [1.54, 1.807) is 0 Å². The second-order valence-corrected chi connectivity index (χ2v) is 4.61. The zero-order valence-corrected chi connectivity index (χ0v) is 8.93. The molecule has 2 aliphatic rings. The Morgan fingerprint density at radius 3 is 2.93 bits per heavy atom. The molecule has 0 saturated heterocycles. The number of rotatable bonds is 0. The second kappa shape index (κ2) is 2.51. The van der Waals surface area contributed by atoms with Gasteiger partial charge in [-0.1, -0.05) is 15.9 Å². The van der Waals surface area contributed by atoms with Crippen molar-refractivity contribution in [1.29, 1.82) is 0 Å². The van der Waals surface area contributed by atoms with E-state index >= 15 is 0 Å². The van der Waals surface area contributed by atoms with Crippen LogP contribution in [0.15, 0.2) is 22.7 Å². The molecule has 14 heavy (non-hydrogen) atoms. The minimum Gasteiger partial charge on any atom is -0.475 e. The van der Waals surface area contributed by atoms with E-state index in [9.17, 15) is 4.79 Å². The van der Waals surface area contributed by atoms with Crippen molar-refractivity contribution in [2.24, 2.45) is 0 Å². The SMILES string of the molecule is O=C1Nc2cc(Br)ccc2OC12CC2. The van der Waals surface area contributed by atoms with Crippen molar-refractivity contribution in [3.05, 3.63) is 22.7 Å². The first-order valence-electron chi connectivity index (χ1n) is 4.50. The zero-order chi connectivity index (χ0) is 9.76. The summed E-state index contributed by atoms with van der Waals surface area (Å²) in [5.41, 5.74) is 0.211. The summed E-state index contributed by atoms with van der Waals surface area (Å²) in [6, 6.07) is 5.63. The molecule has 1 amide bonds. The number of carbonyl (C=O) groups is 1. The summed E-state index contributed by atoms with van der Waals surface area (Å²) >= 11 is 3.35. The summed E-state index contributed by atoms with van der Waals surface area (Å²) in [6.45, 7) is 0. The van der Waals surface area contributed by atoms with Crippen LogP contribution in [0.1, 0.15) is 12.8 Å². The molecule has 3 nitrogen and oxygen atoms in total. The number of fused-ring (bicyclic) bond motifs is 1. The lowest BCUT2D eigenvalue weighted by molar-refractivity contribution is -0.125. The summed E-state index contributed by atoms with van der Waals surface area (Å²) in [5.74, 6) is 0.758. The average molecular weight is 254 g/mol. The highest BCUT2D eigenvalue weighted by atomic mass is 79.9. The molecular formula is C10H8BrNO2. The number of benzene rings is 1. The van der Waals surface area contributed by atoms with Crippen LogP contribution >= 0.6 is 15.9 Å². The van der Waals surface area contributed by atoms with Crippen LogP contribution in [0.2, 0.25) is 0 Å². The molecule has 0 unspecified atom stereocenters. The quantitative estimate of drug-likeness (QED) is 0.771. The van der Waals surface area contributed by atoms with Crippen LogP contribution in [-0.2, 0) is 4.79 Å². The van der Waals surface area contributed by atoms with Crippen molar-refractivity contribution < 1.29 is 9.53 Å². The van der Waals surface area contributed by atoms with Gasteiger partial charge in [0.1, 0.15) is 5.75 Å². The van der Waals surface area contributed by atoms with Gasteiger partial charge in [0.2, 0.25) is 0 Å². The highest BCUT2D eigenvalue weighted by Gasteiger charge is 2.55. The fourth-order valence-electron chi connectivity index (χ4n) is 1.62. The van der Waals surface area contributed by atoms with Gasteiger partial charge in [-0.05, 0) is 18.2 Å². The topological polar surface area (TPSA) is 38.3 Å². The van der Waals surface area contributed by atoms with Crippen LogP contribution in [0.4, 0.5) is 5.69 Å². The largest absolute Gasteiger partial charge is 0.475 e. The van der Waals surface area contributed by atoms with Gasteiger partial charge in [-0.25, -0.2) is 0 Å². The minimum atomic E-state index is -0.541. The Balaban J connectivity index is 2.06. The first kappa shape index (κ1) is 8.29. The molecule has 1 aromatic rings. The van der Waals surface area contributed by atoms with E-state index in [-0.39, 0.29) is 5.91 Å². The molecule has 72 valence electrons. The highest BCUT2D eigenvalue weighted by Crippen LogP contribution is 2.47. The number of hydrogen-bond donors (Lipinski definition) is 1. The highest BCUT2D eigenvalue weighted by molar-refractivity contribution is 9.10. The smallest absolute Gasteiger partial charge is 0.268 e. The van der Waals surface area contributed by atoms with Crippen molar-refractivity contribution in [1.82, 2.24) is 0 Å². The lowest BCUT2D eigenvalue weighted by Crippen LogP contribution is -2.38. The molecule has 3 rings (SSSR count). The maximum Gasteiger partial charge on any atom is 0.268 e. The molecule has 1 N–H and O–H groups in total. The zero-order valence-electron chi connectivity index (χ0n) is 7.34. The third-order valence-electron chi connectivity index (χ3n) is 2.61.